The molecule has 6 nitrogen and oxygen atoms in total. The zero-order chi connectivity index (χ0) is 16.4. The lowest BCUT2D eigenvalue weighted by molar-refractivity contribution is -0.140. The van der Waals surface area contributed by atoms with Crippen LogP contribution in [0.3, 0.4) is 0 Å². The average molecular weight is 321 g/mol. The van der Waals surface area contributed by atoms with E-state index < -0.39 is 5.95 Å². The minimum absolute atomic E-state index is 0.0921. The minimum Gasteiger partial charge on any atom is -0.383 e. The van der Waals surface area contributed by atoms with Gasteiger partial charge in [-0.25, -0.2) is 4.98 Å². The third-order valence-corrected chi connectivity index (χ3v) is 4.67. The Bertz CT molecular complexity index is 610. The topological polar surface area (TPSA) is 62.7 Å². The SMILES string of the molecule is COCCN1CCC2CN(C(=O)c3ccnc(F)c3)CC2C1=O. The normalized spacial score (nSPS) is 24.0. The Balaban J connectivity index is 1.68. The van der Waals surface area contributed by atoms with Gasteiger partial charge in [-0.05, 0) is 18.4 Å². The summed E-state index contributed by atoms with van der Waals surface area (Å²) in [4.78, 5) is 31.9. The summed E-state index contributed by atoms with van der Waals surface area (Å²) >= 11 is 0. The number of fused-ring (bicyclic) bond motifs is 1. The molecule has 0 aliphatic carbocycles. The van der Waals surface area contributed by atoms with Gasteiger partial charge in [-0.3, -0.25) is 9.59 Å². The molecule has 1 aromatic rings. The highest BCUT2D eigenvalue weighted by Gasteiger charge is 2.44. The Kier molecular flexibility index (Phi) is 4.56. The molecule has 2 amide bonds. The van der Waals surface area contributed by atoms with E-state index in [1.807, 2.05) is 4.90 Å². The van der Waals surface area contributed by atoms with Crippen LogP contribution in [0.1, 0.15) is 16.8 Å². The first-order valence-electron chi connectivity index (χ1n) is 7.78. The Morgan fingerprint density at radius 1 is 1.48 bits per heavy atom. The van der Waals surface area contributed by atoms with Crippen molar-refractivity contribution >= 4 is 11.8 Å². The van der Waals surface area contributed by atoms with Crippen LogP contribution in [0.4, 0.5) is 4.39 Å². The number of amides is 2. The van der Waals surface area contributed by atoms with E-state index in [1.165, 1.54) is 12.3 Å². The van der Waals surface area contributed by atoms with Gasteiger partial charge in [0.05, 0.1) is 12.5 Å². The highest BCUT2D eigenvalue weighted by atomic mass is 19.1. The molecule has 0 bridgehead atoms. The summed E-state index contributed by atoms with van der Waals surface area (Å²) in [5, 5.41) is 0. The predicted molar refractivity (Wildman–Crippen MR) is 80.2 cm³/mol. The lowest BCUT2D eigenvalue weighted by Gasteiger charge is -2.33. The zero-order valence-electron chi connectivity index (χ0n) is 13.1. The molecule has 3 rings (SSSR count). The summed E-state index contributed by atoms with van der Waals surface area (Å²) in [5.41, 5.74) is 0.278. The predicted octanol–water partition coefficient (Wildman–Crippen LogP) is 0.788. The standard InChI is InChI=1S/C16H20FN3O3/c1-23-7-6-19-5-3-12-9-20(10-13(12)16(19)22)15(21)11-2-4-18-14(17)8-11/h2,4,8,12-13H,3,5-7,9-10H2,1H3. The quantitative estimate of drug-likeness (QED) is 0.769. The second-order valence-electron chi connectivity index (χ2n) is 6.05. The van der Waals surface area contributed by atoms with Crippen LogP contribution in [-0.2, 0) is 9.53 Å². The van der Waals surface area contributed by atoms with Crippen molar-refractivity contribution in [3.8, 4) is 0 Å². The number of ether oxygens (including phenoxy) is 1. The molecule has 0 aromatic carbocycles. The molecule has 0 saturated carbocycles. The van der Waals surface area contributed by atoms with Crippen LogP contribution in [-0.4, -0.2) is 66.5 Å². The number of carbonyl (C=O) groups is 2. The molecule has 2 unspecified atom stereocenters. The minimum atomic E-state index is -0.672. The van der Waals surface area contributed by atoms with Gasteiger partial charge in [0.2, 0.25) is 11.9 Å². The van der Waals surface area contributed by atoms with Crippen LogP contribution < -0.4 is 0 Å². The summed E-state index contributed by atoms with van der Waals surface area (Å²) in [6.45, 7) is 2.76. The Morgan fingerprint density at radius 3 is 3.04 bits per heavy atom. The molecular weight excluding hydrogens is 301 g/mol. The van der Waals surface area contributed by atoms with Crippen LogP contribution in [0.15, 0.2) is 18.3 Å². The molecule has 0 radical (unpaired) electrons. The number of piperidine rings is 1. The molecule has 0 spiro atoms. The second-order valence-corrected chi connectivity index (χ2v) is 6.05. The average Bonchev–Trinajstić information content (AvgIpc) is 2.98. The number of hydrogen-bond acceptors (Lipinski definition) is 4. The third kappa shape index (κ3) is 3.19. The van der Waals surface area contributed by atoms with Gasteiger partial charge in [-0.15, -0.1) is 0 Å². The Labute approximate surface area is 134 Å². The molecule has 3 heterocycles. The molecule has 7 heteroatoms. The van der Waals surface area contributed by atoms with Crippen LogP contribution in [0.25, 0.3) is 0 Å². The van der Waals surface area contributed by atoms with Gasteiger partial charge in [0.25, 0.3) is 5.91 Å². The molecule has 2 aliphatic heterocycles. The van der Waals surface area contributed by atoms with Gasteiger partial charge < -0.3 is 14.5 Å². The van der Waals surface area contributed by atoms with Gasteiger partial charge in [0.15, 0.2) is 0 Å². The molecule has 1 aromatic heterocycles. The number of pyridine rings is 1. The lowest BCUT2D eigenvalue weighted by atomic mass is 9.88. The lowest BCUT2D eigenvalue weighted by Crippen LogP contribution is -2.46. The molecule has 0 N–H and O–H groups in total. The Morgan fingerprint density at radius 2 is 2.30 bits per heavy atom. The maximum Gasteiger partial charge on any atom is 0.254 e. The fourth-order valence-electron chi connectivity index (χ4n) is 3.42. The first-order valence-corrected chi connectivity index (χ1v) is 7.78. The van der Waals surface area contributed by atoms with Crippen molar-refractivity contribution in [1.82, 2.24) is 14.8 Å². The molecule has 2 saturated heterocycles. The maximum atomic E-state index is 13.2. The van der Waals surface area contributed by atoms with Crippen LogP contribution in [0.2, 0.25) is 0 Å². The monoisotopic (exact) mass is 321 g/mol. The van der Waals surface area contributed by atoms with Crippen molar-refractivity contribution in [1.29, 1.82) is 0 Å². The largest absolute Gasteiger partial charge is 0.383 e. The number of aromatic nitrogens is 1. The summed E-state index contributed by atoms with van der Waals surface area (Å²) in [6.07, 6.45) is 2.16. The highest BCUT2D eigenvalue weighted by molar-refractivity contribution is 5.95. The second kappa shape index (κ2) is 6.62. The van der Waals surface area contributed by atoms with E-state index in [0.717, 1.165) is 12.5 Å². The number of rotatable bonds is 4. The number of likely N-dealkylation sites (tertiary alicyclic amines) is 2. The maximum absolute atomic E-state index is 13.2. The van der Waals surface area contributed by atoms with Crippen LogP contribution in [0, 0.1) is 17.8 Å². The number of methoxy groups -OCH3 is 1. The van der Waals surface area contributed by atoms with E-state index in [4.69, 9.17) is 4.74 Å². The summed E-state index contributed by atoms with van der Waals surface area (Å²) < 4.78 is 18.2. The van der Waals surface area contributed by atoms with Crippen molar-refractivity contribution in [3.05, 3.63) is 29.8 Å². The summed E-state index contributed by atoms with van der Waals surface area (Å²) in [6, 6.07) is 2.64. The number of carbonyl (C=O) groups excluding carboxylic acids is 2. The summed E-state index contributed by atoms with van der Waals surface area (Å²) in [7, 11) is 1.61. The third-order valence-electron chi connectivity index (χ3n) is 4.67. The van der Waals surface area contributed by atoms with Gasteiger partial charge in [0.1, 0.15) is 0 Å². The molecule has 2 fully saturated rings. The Hall–Kier alpha value is -2.02. The first-order chi connectivity index (χ1) is 11.1. The first kappa shape index (κ1) is 15.9. The number of nitrogens with zero attached hydrogens (tertiary/aromatic N) is 3. The van der Waals surface area contributed by atoms with Gasteiger partial charge >= 0.3 is 0 Å². The van der Waals surface area contributed by atoms with Gasteiger partial charge in [-0.2, -0.15) is 4.39 Å². The van der Waals surface area contributed by atoms with Crippen molar-refractivity contribution in [2.45, 2.75) is 6.42 Å². The van der Waals surface area contributed by atoms with E-state index in [1.54, 1.807) is 12.0 Å². The number of hydrogen-bond donors (Lipinski definition) is 0. The van der Waals surface area contributed by atoms with Crippen molar-refractivity contribution < 1.29 is 18.7 Å². The van der Waals surface area contributed by atoms with E-state index in [0.29, 0.717) is 32.8 Å². The molecule has 23 heavy (non-hydrogen) atoms. The van der Waals surface area contributed by atoms with Gasteiger partial charge in [-0.1, -0.05) is 0 Å². The van der Waals surface area contributed by atoms with E-state index in [9.17, 15) is 14.0 Å². The number of halogens is 1. The zero-order valence-corrected chi connectivity index (χ0v) is 13.1. The molecule has 2 atom stereocenters. The highest BCUT2D eigenvalue weighted by Crippen LogP contribution is 2.32. The molecule has 2 aliphatic rings. The fraction of sp³-hybridized carbons (Fsp3) is 0.562. The van der Waals surface area contributed by atoms with Crippen molar-refractivity contribution in [2.75, 3.05) is 39.9 Å². The van der Waals surface area contributed by atoms with E-state index in [2.05, 4.69) is 4.98 Å². The molecule has 124 valence electrons. The van der Waals surface area contributed by atoms with Gasteiger partial charge in [0, 0.05) is 51.1 Å². The molecular formula is C16H20FN3O3. The van der Waals surface area contributed by atoms with E-state index >= 15 is 0 Å². The van der Waals surface area contributed by atoms with Crippen molar-refractivity contribution in [2.24, 2.45) is 11.8 Å². The van der Waals surface area contributed by atoms with Crippen LogP contribution in [0.5, 0.6) is 0 Å². The fourth-order valence-corrected chi connectivity index (χ4v) is 3.42. The van der Waals surface area contributed by atoms with Crippen LogP contribution >= 0.6 is 0 Å². The van der Waals surface area contributed by atoms with Crippen molar-refractivity contribution in [3.63, 3.8) is 0 Å². The van der Waals surface area contributed by atoms with E-state index in [-0.39, 0.29) is 29.2 Å². The smallest absolute Gasteiger partial charge is 0.254 e. The summed E-state index contributed by atoms with van der Waals surface area (Å²) in [5.74, 6) is -0.783.